The Kier molecular flexibility index (Phi) is 4.83. The van der Waals surface area contributed by atoms with E-state index in [1.54, 1.807) is 23.9 Å². The lowest BCUT2D eigenvalue weighted by Crippen LogP contribution is -2.32. The highest BCUT2D eigenvalue weighted by atomic mass is 32.1. The molecule has 0 aliphatic carbocycles. The molecule has 0 bridgehead atoms. The average molecular weight is 411 g/mol. The second-order valence-corrected chi connectivity index (χ2v) is 7.46. The van der Waals surface area contributed by atoms with E-state index in [9.17, 15) is 10.1 Å². The molecule has 1 aromatic heterocycles. The van der Waals surface area contributed by atoms with Crippen molar-refractivity contribution in [3.05, 3.63) is 62.9 Å². The summed E-state index contributed by atoms with van der Waals surface area (Å²) in [5.41, 5.74) is 2.94. The molecule has 1 aliphatic rings. The molecule has 150 valence electrons. The number of nitro groups is 1. The summed E-state index contributed by atoms with van der Waals surface area (Å²) in [5, 5.41) is 15.8. The van der Waals surface area contributed by atoms with Crippen LogP contribution in [0.5, 0.6) is 5.75 Å². The highest BCUT2D eigenvalue weighted by Crippen LogP contribution is 2.35. The van der Waals surface area contributed by atoms with Gasteiger partial charge in [0.1, 0.15) is 12.4 Å². The largest absolute Gasteiger partial charge is 0.496 e. The van der Waals surface area contributed by atoms with Gasteiger partial charge in [0.05, 0.1) is 17.6 Å². The number of nitrogens with zero attached hydrogens (tertiary/aromatic N) is 5. The summed E-state index contributed by atoms with van der Waals surface area (Å²) >= 11 is 5.63. The van der Waals surface area contributed by atoms with Crippen LogP contribution >= 0.6 is 12.2 Å². The molecule has 3 aromatic rings. The molecule has 0 fully saturated rings. The third kappa shape index (κ3) is 3.27. The quantitative estimate of drug-likeness (QED) is 0.359. The fourth-order valence-electron chi connectivity index (χ4n) is 3.80. The van der Waals surface area contributed by atoms with Gasteiger partial charge in [-0.3, -0.25) is 10.1 Å². The number of aromatic nitrogens is 3. The third-order valence-electron chi connectivity index (χ3n) is 5.31. The van der Waals surface area contributed by atoms with E-state index in [1.807, 2.05) is 41.9 Å². The van der Waals surface area contributed by atoms with Crippen molar-refractivity contribution in [3.63, 3.8) is 0 Å². The Morgan fingerprint density at radius 1 is 1.31 bits per heavy atom. The van der Waals surface area contributed by atoms with Crippen LogP contribution in [-0.4, -0.2) is 32.4 Å². The van der Waals surface area contributed by atoms with Crippen LogP contribution in [0.4, 0.5) is 11.4 Å². The minimum atomic E-state index is -0.359. The van der Waals surface area contributed by atoms with Gasteiger partial charge in [-0.05, 0) is 49.3 Å². The number of non-ortho nitro benzene ring substituents is 1. The lowest BCUT2D eigenvalue weighted by atomic mass is 10.1. The third-order valence-corrected chi connectivity index (χ3v) is 5.79. The molecule has 2 aromatic carbocycles. The standard InChI is InChI=1S/C20H21N5O3S/c1-13-10-14-11-15(25(26)27)8-9-17(14)23(13)12-24-20(29)22(2)19(21-24)16-6-4-5-7-18(16)28-3/h4-9,11,13H,10,12H2,1-3H3/t13-/m1/s1. The molecule has 0 saturated carbocycles. The van der Waals surface area contributed by atoms with E-state index in [0.717, 1.165) is 34.8 Å². The summed E-state index contributed by atoms with van der Waals surface area (Å²) in [6.45, 7) is 2.56. The van der Waals surface area contributed by atoms with Crippen LogP contribution < -0.4 is 9.64 Å². The van der Waals surface area contributed by atoms with Gasteiger partial charge in [-0.1, -0.05) is 12.1 Å². The number of hydrogen-bond acceptors (Lipinski definition) is 6. The van der Waals surface area contributed by atoms with Gasteiger partial charge in [0.15, 0.2) is 10.6 Å². The van der Waals surface area contributed by atoms with E-state index in [2.05, 4.69) is 11.8 Å². The van der Waals surface area contributed by atoms with E-state index in [-0.39, 0.29) is 16.7 Å². The predicted octanol–water partition coefficient (Wildman–Crippen LogP) is 3.94. The Hall–Kier alpha value is -3.20. The number of anilines is 1. The van der Waals surface area contributed by atoms with Crippen LogP contribution in [0.2, 0.25) is 0 Å². The van der Waals surface area contributed by atoms with Crippen molar-refractivity contribution >= 4 is 23.6 Å². The Bertz CT molecular complexity index is 1150. The van der Waals surface area contributed by atoms with Gasteiger partial charge in [0, 0.05) is 30.9 Å². The molecule has 0 spiro atoms. The van der Waals surface area contributed by atoms with E-state index in [4.69, 9.17) is 22.1 Å². The lowest BCUT2D eigenvalue weighted by molar-refractivity contribution is -0.384. The van der Waals surface area contributed by atoms with Gasteiger partial charge in [0.2, 0.25) is 0 Å². The number of ether oxygens (including phenoxy) is 1. The first kappa shape index (κ1) is 19.1. The molecular formula is C20H21N5O3S. The number of fused-ring (bicyclic) bond motifs is 1. The topological polar surface area (TPSA) is 78.4 Å². The molecule has 0 unspecified atom stereocenters. The summed E-state index contributed by atoms with van der Waals surface area (Å²) in [4.78, 5) is 12.9. The molecule has 9 heteroatoms. The number of benzene rings is 2. The van der Waals surface area contributed by atoms with Crippen molar-refractivity contribution in [2.45, 2.75) is 26.1 Å². The highest BCUT2D eigenvalue weighted by molar-refractivity contribution is 7.71. The van der Waals surface area contributed by atoms with Crippen molar-refractivity contribution in [1.29, 1.82) is 0 Å². The first-order valence-corrected chi connectivity index (χ1v) is 9.62. The highest BCUT2D eigenvalue weighted by Gasteiger charge is 2.28. The van der Waals surface area contributed by atoms with Crippen molar-refractivity contribution in [3.8, 4) is 17.1 Å². The number of nitro benzene ring substituents is 1. The van der Waals surface area contributed by atoms with E-state index in [0.29, 0.717) is 11.4 Å². The van der Waals surface area contributed by atoms with Crippen LogP contribution in [0, 0.1) is 14.9 Å². The molecule has 0 amide bonds. The molecule has 1 atom stereocenters. The van der Waals surface area contributed by atoms with E-state index in [1.165, 1.54) is 0 Å². The lowest BCUT2D eigenvalue weighted by Gasteiger charge is -2.24. The van der Waals surface area contributed by atoms with Gasteiger partial charge < -0.3 is 14.2 Å². The molecule has 8 nitrogen and oxygen atoms in total. The number of methoxy groups -OCH3 is 1. The molecule has 4 rings (SSSR count). The van der Waals surface area contributed by atoms with Crippen LogP contribution in [0.1, 0.15) is 12.5 Å². The summed E-state index contributed by atoms with van der Waals surface area (Å²) < 4.78 is 9.71. The average Bonchev–Trinajstić information content (AvgIpc) is 3.18. The van der Waals surface area contributed by atoms with Crippen LogP contribution in [0.3, 0.4) is 0 Å². The zero-order valence-corrected chi connectivity index (χ0v) is 17.2. The molecule has 0 radical (unpaired) electrons. The van der Waals surface area contributed by atoms with Crippen LogP contribution in [0.25, 0.3) is 11.4 Å². The second kappa shape index (κ2) is 7.32. The number of hydrogen-bond donors (Lipinski definition) is 0. The number of rotatable bonds is 5. The Morgan fingerprint density at radius 2 is 2.07 bits per heavy atom. The summed E-state index contributed by atoms with van der Waals surface area (Å²) in [5.74, 6) is 1.46. The van der Waals surface area contributed by atoms with Crippen LogP contribution in [-0.2, 0) is 20.1 Å². The minimum Gasteiger partial charge on any atom is -0.496 e. The Morgan fingerprint density at radius 3 is 2.79 bits per heavy atom. The molecule has 29 heavy (non-hydrogen) atoms. The molecule has 0 saturated heterocycles. The van der Waals surface area contributed by atoms with Gasteiger partial charge in [-0.2, -0.15) is 0 Å². The van der Waals surface area contributed by atoms with Gasteiger partial charge >= 0.3 is 0 Å². The van der Waals surface area contributed by atoms with Gasteiger partial charge in [-0.25, -0.2) is 4.68 Å². The van der Waals surface area contributed by atoms with Gasteiger partial charge in [0.25, 0.3) is 5.69 Å². The molecule has 2 heterocycles. The van der Waals surface area contributed by atoms with Gasteiger partial charge in [-0.15, -0.1) is 5.10 Å². The first-order valence-electron chi connectivity index (χ1n) is 9.22. The SMILES string of the molecule is COc1ccccc1-c1nn(CN2c3ccc([N+](=O)[O-])cc3C[C@H]2C)c(=S)n1C. The summed E-state index contributed by atoms with van der Waals surface area (Å²) in [6.07, 6.45) is 0.747. The Balaban J connectivity index is 1.70. The molecule has 1 aliphatic heterocycles. The zero-order chi connectivity index (χ0) is 20.7. The van der Waals surface area contributed by atoms with Crippen molar-refractivity contribution < 1.29 is 9.66 Å². The van der Waals surface area contributed by atoms with Crippen molar-refractivity contribution in [2.75, 3.05) is 12.0 Å². The first-order chi connectivity index (χ1) is 13.9. The maximum absolute atomic E-state index is 11.1. The summed E-state index contributed by atoms with van der Waals surface area (Å²) in [7, 11) is 3.52. The normalized spacial score (nSPS) is 15.4. The smallest absolute Gasteiger partial charge is 0.269 e. The van der Waals surface area contributed by atoms with Crippen molar-refractivity contribution in [1.82, 2.24) is 14.3 Å². The van der Waals surface area contributed by atoms with E-state index >= 15 is 0 Å². The maximum atomic E-state index is 11.1. The molecule has 0 N–H and O–H groups in total. The maximum Gasteiger partial charge on any atom is 0.269 e. The number of para-hydroxylation sites is 1. The van der Waals surface area contributed by atoms with Crippen molar-refractivity contribution in [2.24, 2.45) is 7.05 Å². The fourth-order valence-corrected chi connectivity index (χ4v) is 3.98. The van der Waals surface area contributed by atoms with Crippen LogP contribution in [0.15, 0.2) is 42.5 Å². The Labute approximate surface area is 173 Å². The second-order valence-electron chi connectivity index (χ2n) is 7.10. The fraction of sp³-hybridized carbons (Fsp3) is 0.300. The molecular weight excluding hydrogens is 390 g/mol. The van der Waals surface area contributed by atoms with E-state index < -0.39 is 0 Å². The minimum absolute atomic E-state index is 0.116. The summed E-state index contributed by atoms with van der Waals surface area (Å²) in [6, 6.07) is 12.9. The predicted molar refractivity (Wildman–Crippen MR) is 113 cm³/mol. The monoisotopic (exact) mass is 411 g/mol. The zero-order valence-electron chi connectivity index (χ0n) is 16.4.